The molecular formula is C13H20N2O4. The molecule has 0 radical (unpaired) electrons. The Labute approximate surface area is 112 Å². The zero-order chi connectivity index (χ0) is 14.0. The van der Waals surface area contributed by atoms with Crippen molar-refractivity contribution in [1.82, 2.24) is 9.80 Å². The molecule has 0 aromatic heterocycles. The predicted octanol–water partition coefficient (Wildman–Crippen LogP) is 1.00. The summed E-state index contributed by atoms with van der Waals surface area (Å²) in [5.74, 6) is -0.126. The second kappa shape index (κ2) is 5.59. The van der Waals surface area contributed by atoms with E-state index in [0.717, 1.165) is 12.8 Å². The third kappa shape index (κ3) is 2.57. The number of likely N-dealkylation sites (tertiary alicyclic amines) is 1. The van der Waals surface area contributed by atoms with E-state index in [-0.39, 0.29) is 30.4 Å². The maximum absolute atomic E-state index is 12.2. The third-order valence-electron chi connectivity index (χ3n) is 3.96. The van der Waals surface area contributed by atoms with E-state index in [2.05, 4.69) is 0 Å². The van der Waals surface area contributed by atoms with Crippen molar-refractivity contribution in [2.45, 2.75) is 39.2 Å². The summed E-state index contributed by atoms with van der Waals surface area (Å²) >= 11 is 0. The van der Waals surface area contributed by atoms with Crippen LogP contribution in [0.2, 0.25) is 0 Å². The van der Waals surface area contributed by atoms with Crippen LogP contribution in [0.5, 0.6) is 0 Å². The third-order valence-corrected chi connectivity index (χ3v) is 3.96. The first-order valence-electron chi connectivity index (χ1n) is 6.86. The Morgan fingerprint density at radius 1 is 1.37 bits per heavy atom. The largest absolute Gasteiger partial charge is 0.439 e. The summed E-state index contributed by atoms with van der Waals surface area (Å²) in [6, 6.07) is -0.221. The molecule has 2 aliphatic heterocycles. The first-order chi connectivity index (χ1) is 9.08. The van der Waals surface area contributed by atoms with Crippen LogP contribution in [0, 0.1) is 5.92 Å². The van der Waals surface area contributed by atoms with Gasteiger partial charge in [-0.25, -0.2) is 9.69 Å². The number of hydrogen-bond acceptors (Lipinski definition) is 4. The van der Waals surface area contributed by atoms with Gasteiger partial charge in [-0.1, -0.05) is 13.8 Å². The highest BCUT2D eigenvalue weighted by molar-refractivity contribution is 5.98. The molecule has 106 valence electrons. The molecule has 0 saturated carbocycles. The highest BCUT2D eigenvalue weighted by Crippen LogP contribution is 2.22. The Morgan fingerprint density at radius 2 is 2.05 bits per heavy atom. The lowest BCUT2D eigenvalue weighted by molar-refractivity contribution is -0.135. The van der Waals surface area contributed by atoms with Crippen molar-refractivity contribution >= 4 is 17.9 Å². The van der Waals surface area contributed by atoms with Crippen LogP contribution in [0.1, 0.15) is 33.1 Å². The van der Waals surface area contributed by atoms with Gasteiger partial charge in [0.15, 0.2) is 6.61 Å². The highest BCUT2D eigenvalue weighted by atomic mass is 16.6. The van der Waals surface area contributed by atoms with Gasteiger partial charge in [0, 0.05) is 19.0 Å². The highest BCUT2D eigenvalue weighted by Gasteiger charge is 2.41. The lowest BCUT2D eigenvalue weighted by Gasteiger charge is -2.23. The minimum atomic E-state index is -0.577. The summed E-state index contributed by atoms with van der Waals surface area (Å²) in [6.45, 7) is 4.88. The Balaban J connectivity index is 1.98. The van der Waals surface area contributed by atoms with E-state index < -0.39 is 6.09 Å². The number of carbonyl (C=O) groups is 3. The van der Waals surface area contributed by atoms with Gasteiger partial charge in [-0.3, -0.25) is 9.59 Å². The molecule has 1 atom stereocenters. The van der Waals surface area contributed by atoms with Gasteiger partial charge in [-0.15, -0.1) is 0 Å². The molecule has 0 bridgehead atoms. The van der Waals surface area contributed by atoms with Crippen molar-refractivity contribution in [2.75, 3.05) is 19.7 Å². The van der Waals surface area contributed by atoms with E-state index in [1.165, 1.54) is 4.90 Å². The first-order valence-corrected chi connectivity index (χ1v) is 6.86. The van der Waals surface area contributed by atoms with Gasteiger partial charge in [-0.2, -0.15) is 0 Å². The maximum Gasteiger partial charge on any atom is 0.417 e. The number of imide groups is 1. The van der Waals surface area contributed by atoms with Crippen LogP contribution < -0.4 is 0 Å². The van der Waals surface area contributed by atoms with Gasteiger partial charge in [-0.05, 0) is 19.3 Å². The fourth-order valence-electron chi connectivity index (χ4n) is 2.77. The molecule has 2 heterocycles. The van der Waals surface area contributed by atoms with E-state index in [1.54, 1.807) is 4.90 Å². The molecule has 0 aromatic rings. The Hall–Kier alpha value is -1.59. The van der Waals surface area contributed by atoms with Crippen LogP contribution in [0.3, 0.4) is 0 Å². The number of carbonyl (C=O) groups excluding carboxylic acids is 3. The van der Waals surface area contributed by atoms with Crippen LogP contribution in [0.25, 0.3) is 0 Å². The van der Waals surface area contributed by atoms with Crippen LogP contribution in [0.15, 0.2) is 0 Å². The number of hydrogen-bond donors (Lipinski definition) is 0. The van der Waals surface area contributed by atoms with Crippen LogP contribution >= 0.6 is 0 Å². The van der Waals surface area contributed by atoms with Crippen molar-refractivity contribution in [3.05, 3.63) is 0 Å². The molecule has 2 fully saturated rings. The van der Waals surface area contributed by atoms with Crippen molar-refractivity contribution < 1.29 is 19.1 Å². The van der Waals surface area contributed by atoms with Crippen molar-refractivity contribution in [2.24, 2.45) is 5.92 Å². The topological polar surface area (TPSA) is 66.9 Å². The molecule has 6 nitrogen and oxygen atoms in total. The quantitative estimate of drug-likeness (QED) is 0.763. The molecular weight excluding hydrogens is 248 g/mol. The number of amides is 3. The number of nitrogens with zero attached hydrogens (tertiary/aromatic N) is 2. The van der Waals surface area contributed by atoms with Crippen LogP contribution in [-0.4, -0.2) is 53.4 Å². The van der Waals surface area contributed by atoms with Gasteiger partial charge in [0.05, 0.1) is 6.04 Å². The molecule has 0 aliphatic carbocycles. The fraction of sp³-hybridized carbons (Fsp3) is 0.769. The zero-order valence-corrected chi connectivity index (χ0v) is 11.4. The average Bonchev–Trinajstić information content (AvgIpc) is 2.98. The van der Waals surface area contributed by atoms with Gasteiger partial charge in [0.1, 0.15) is 0 Å². The van der Waals surface area contributed by atoms with Crippen molar-refractivity contribution in [1.29, 1.82) is 0 Å². The van der Waals surface area contributed by atoms with E-state index in [9.17, 15) is 14.4 Å². The van der Waals surface area contributed by atoms with Crippen molar-refractivity contribution in [3.8, 4) is 0 Å². The smallest absolute Gasteiger partial charge is 0.417 e. The molecule has 2 rings (SSSR count). The van der Waals surface area contributed by atoms with Crippen LogP contribution in [0.4, 0.5) is 4.79 Å². The summed E-state index contributed by atoms with van der Waals surface area (Å²) < 4.78 is 4.71. The van der Waals surface area contributed by atoms with Gasteiger partial charge in [0.25, 0.3) is 5.91 Å². The van der Waals surface area contributed by atoms with Gasteiger partial charge < -0.3 is 9.64 Å². The summed E-state index contributed by atoms with van der Waals surface area (Å²) in [4.78, 5) is 38.2. The van der Waals surface area contributed by atoms with E-state index >= 15 is 0 Å². The first kappa shape index (κ1) is 13.8. The molecule has 2 saturated heterocycles. The predicted molar refractivity (Wildman–Crippen MR) is 67.3 cm³/mol. The van der Waals surface area contributed by atoms with E-state index in [1.807, 2.05) is 13.8 Å². The minimum absolute atomic E-state index is 0.0416. The average molecular weight is 268 g/mol. The van der Waals surface area contributed by atoms with Crippen molar-refractivity contribution in [3.63, 3.8) is 0 Å². The van der Waals surface area contributed by atoms with Gasteiger partial charge >= 0.3 is 6.09 Å². The minimum Gasteiger partial charge on any atom is -0.439 e. The lowest BCUT2D eigenvalue weighted by Crippen LogP contribution is -2.42. The normalized spacial score (nSPS) is 23.4. The standard InChI is InChI=1S/C13H20N2O4/c1-3-9(4-2)12(17)14-6-5-10(7-14)15-11(16)8-19-13(15)18/h9-10H,3-8H2,1-2H3. The zero-order valence-electron chi connectivity index (χ0n) is 11.4. The molecule has 1 unspecified atom stereocenters. The molecule has 2 aliphatic rings. The van der Waals surface area contributed by atoms with Gasteiger partial charge in [0.2, 0.25) is 5.91 Å². The van der Waals surface area contributed by atoms with E-state index in [4.69, 9.17) is 4.74 Å². The Morgan fingerprint density at radius 3 is 2.58 bits per heavy atom. The number of cyclic esters (lactones) is 1. The Kier molecular flexibility index (Phi) is 4.07. The summed E-state index contributed by atoms with van der Waals surface area (Å²) in [6.07, 6.45) is 1.71. The molecule has 0 aromatic carbocycles. The summed E-state index contributed by atoms with van der Waals surface area (Å²) in [5.41, 5.74) is 0. The van der Waals surface area contributed by atoms with Crippen LogP contribution in [-0.2, 0) is 14.3 Å². The molecule has 0 N–H and O–H groups in total. The SMILES string of the molecule is CCC(CC)C(=O)N1CCC(N2C(=O)COC2=O)C1. The monoisotopic (exact) mass is 268 g/mol. The summed E-state index contributed by atoms with van der Waals surface area (Å²) in [7, 11) is 0. The summed E-state index contributed by atoms with van der Waals surface area (Å²) in [5, 5.41) is 0. The number of rotatable bonds is 4. The lowest BCUT2D eigenvalue weighted by atomic mass is 10.0. The van der Waals surface area contributed by atoms with E-state index in [0.29, 0.717) is 19.5 Å². The second-order valence-electron chi connectivity index (χ2n) is 5.06. The molecule has 19 heavy (non-hydrogen) atoms. The molecule has 3 amide bonds. The maximum atomic E-state index is 12.2. The Bertz CT molecular complexity index is 376. The fourth-order valence-corrected chi connectivity index (χ4v) is 2.77. The second-order valence-corrected chi connectivity index (χ2v) is 5.06. The molecule has 6 heteroatoms. The number of ether oxygens (including phenoxy) is 1. The molecule has 0 spiro atoms.